The van der Waals surface area contributed by atoms with Crippen LogP contribution in [0.2, 0.25) is 0 Å². The topological polar surface area (TPSA) is 17.1 Å². The van der Waals surface area contributed by atoms with Crippen molar-refractivity contribution in [2.75, 3.05) is 5.75 Å². The molecule has 1 aromatic carbocycles. The highest BCUT2D eigenvalue weighted by molar-refractivity contribution is 9.10. The van der Waals surface area contributed by atoms with Gasteiger partial charge in [0.05, 0.1) is 9.96 Å². The number of thioether (sulfide) groups is 1. The Labute approximate surface area is 111 Å². The molecule has 2 aromatic rings. The zero-order chi connectivity index (χ0) is 11.4. The number of halogens is 1. The first-order valence-corrected chi connectivity index (χ1v) is 7.36. The van der Waals surface area contributed by atoms with Crippen molar-refractivity contribution in [3.8, 4) is 0 Å². The molecule has 1 aromatic heterocycles. The van der Waals surface area contributed by atoms with Gasteiger partial charge in [0.25, 0.3) is 0 Å². The Bertz CT molecular complexity index is 480. The average Bonchev–Trinajstić information content (AvgIpc) is 2.78. The van der Waals surface area contributed by atoms with Crippen molar-refractivity contribution in [3.63, 3.8) is 0 Å². The number of hydrogen-bond acceptors (Lipinski definition) is 3. The highest BCUT2D eigenvalue weighted by Gasteiger charge is 2.07. The lowest BCUT2D eigenvalue weighted by Crippen LogP contribution is -2.01. The minimum atomic E-state index is 0.166. The fraction of sp³-hybridized carbons (Fsp3) is 0.0833. The van der Waals surface area contributed by atoms with Crippen LogP contribution in [-0.2, 0) is 0 Å². The van der Waals surface area contributed by atoms with Gasteiger partial charge in [0.1, 0.15) is 0 Å². The number of Topliss-reactive ketones (excluding diaryl/α,β-unsaturated/α-hetero) is 1. The Morgan fingerprint density at radius 2 is 2.19 bits per heavy atom. The van der Waals surface area contributed by atoms with Crippen molar-refractivity contribution >= 4 is 44.8 Å². The van der Waals surface area contributed by atoms with E-state index in [2.05, 4.69) is 15.9 Å². The van der Waals surface area contributed by atoms with E-state index < -0.39 is 0 Å². The smallest absolute Gasteiger partial charge is 0.173 e. The predicted molar refractivity (Wildman–Crippen MR) is 73.5 cm³/mol. The third kappa shape index (κ3) is 3.20. The van der Waals surface area contributed by atoms with Crippen LogP contribution >= 0.6 is 39.0 Å². The molecule has 0 fully saturated rings. The summed E-state index contributed by atoms with van der Waals surface area (Å²) in [6.07, 6.45) is 0. The summed E-state index contributed by atoms with van der Waals surface area (Å²) in [6, 6.07) is 11.5. The zero-order valence-electron chi connectivity index (χ0n) is 8.35. The predicted octanol–water partition coefficient (Wildman–Crippen LogP) is 4.49. The minimum Gasteiger partial charge on any atom is -0.293 e. The highest BCUT2D eigenvalue weighted by Crippen LogP contribution is 2.24. The third-order valence-electron chi connectivity index (χ3n) is 1.99. The van der Waals surface area contributed by atoms with E-state index in [1.54, 1.807) is 23.1 Å². The molecular formula is C12H9BrOS2. The number of ketones is 1. The van der Waals surface area contributed by atoms with Gasteiger partial charge in [0.15, 0.2) is 5.78 Å². The first-order valence-electron chi connectivity index (χ1n) is 4.71. The molecule has 0 unspecified atom stereocenters. The van der Waals surface area contributed by atoms with E-state index in [1.165, 1.54) is 4.21 Å². The largest absolute Gasteiger partial charge is 0.293 e. The fourth-order valence-corrected chi connectivity index (χ4v) is 3.31. The second-order valence-corrected chi connectivity index (χ2v) is 6.29. The molecule has 4 heteroatoms. The normalized spacial score (nSPS) is 10.3. The van der Waals surface area contributed by atoms with Gasteiger partial charge in [-0.2, -0.15) is 0 Å². The second kappa shape index (κ2) is 5.66. The van der Waals surface area contributed by atoms with Gasteiger partial charge in [-0.05, 0) is 23.6 Å². The summed E-state index contributed by atoms with van der Waals surface area (Å²) >= 11 is 6.62. The summed E-state index contributed by atoms with van der Waals surface area (Å²) in [7, 11) is 0. The minimum absolute atomic E-state index is 0.166. The van der Waals surface area contributed by atoms with Crippen molar-refractivity contribution in [2.45, 2.75) is 4.21 Å². The van der Waals surface area contributed by atoms with Crippen LogP contribution in [0.15, 0.2) is 50.5 Å². The maximum absolute atomic E-state index is 11.9. The molecule has 2 rings (SSSR count). The van der Waals surface area contributed by atoms with Crippen molar-refractivity contribution < 1.29 is 4.79 Å². The summed E-state index contributed by atoms with van der Waals surface area (Å²) in [6.45, 7) is 0. The summed E-state index contributed by atoms with van der Waals surface area (Å²) < 4.78 is 2.13. The fourth-order valence-electron chi connectivity index (χ4n) is 1.23. The Morgan fingerprint density at radius 1 is 1.31 bits per heavy atom. The van der Waals surface area contributed by atoms with Crippen molar-refractivity contribution in [3.05, 3.63) is 51.8 Å². The van der Waals surface area contributed by atoms with E-state index in [1.807, 2.05) is 41.8 Å². The van der Waals surface area contributed by atoms with E-state index in [9.17, 15) is 4.79 Å². The molecule has 82 valence electrons. The molecule has 0 saturated carbocycles. The van der Waals surface area contributed by atoms with Crippen LogP contribution in [0, 0.1) is 0 Å². The molecule has 0 bridgehead atoms. The monoisotopic (exact) mass is 312 g/mol. The van der Waals surface area contributed by atoms with Crippen LogP contribution in [0.25, 0.3) is 0 Å². The quantitative estimate of drug-likeness (QED) is 0.611. The summed E-state index contributed by atoms with van der Waals surface area (Å²) in [5.41, 5.74) is 0.762. The van der Waals surface area contributed by atoms with E-state index in [0.717, 1.165) is 10.0 Å². The lowest BCUT2D eigenvalue weighted by molar-refractivity contribution is 0.102. The molecule has 0 aliphatic rings. The maximum atomic E-state index is 11.9. The Balaban J connectivity index is 1.98. The molecule has 0 aliphatic carbocycles. The van der Waals surface area contributed by atoms with Gasteiger partial charge in [0, 0.05) is 10.0 Å². The SMILES string of the molecule is O=C(CSc1cccs1)c1cccc(Br)c1. The number of benzene rings is 1. The van der Waals surface area contributed by atoms with E-state index in [-0.39, 0.29) is 5.78 Å². The van der Waals surface area contributed by atoms with E-state index in [4.69, 9.17) is 0 Å². The average molecular weight is 313 g/mol. The van der Waals surface area contributed by atoms with Crippen molar-refractivity contribution in [1.29, 1.82) is 0 Å². The molecule has 0 N–H and O–H groups in total. The first kappa shape index (κ1) is 11.9. The Kier molecular flexibility index (Phi) is 4.21. The van der Waals surface area contributed by atoms with Crippen molar-refractivity contribution in [1.82, 2.24) is 0 Å². The Morgan fingerprint density at radius 3 is 2.88 bits per heavy atom. The van der Waals surface area contributed by atoms with Crippen LogP contribution < -0.4 is 0 Å². The molecule has 0 atom stereocenters. The van der Waals surface area contributed by atoms with Gasteiger partial charge in [-0.25, -0.2) is 0 Å². The molecule has 0 amide bonds. The maximum Gasteiger partial charge on any atom is 0.173 e. The lowest BCUT2D eigenvalue weighted by atomic mass is 10.2. The lowest BCUT2D eigenvalue weighted by Gasteiger charge is -2.00. The first-order chi connectivity index (χ1) is 7.75. The highest BCUT2D eigenvalue weighted by atomic mass is 79.9. The number of thiophene rings is 1. The number of rotatable bonds is 4. The summed E-state index contributed by atoms with van der Waals surface area (Å²) in [5, 5.41) is 2.02. The van der Waals surface area contributed by atoms with Gasteiger partial charge < -0.3 is 0 Å². The van der Waals surface area contributed by atoms with Gasteiger partial charge in [-0.1, -0.05) is 34.1 Å². The molecule has 0 spiro atoms. The molecule has 0 radical (unpaired) electrons. The molecule has 0 saturated heterocycles. The van der Waals surface area contributed by atoms with Crippen molar-refractivity contribution in [2.24, 2.45) is 0 Å². The molecule has 0 aliphatic heterocycles. The molecular weight excluding hydrogens is 304 g/mol. The van der Waals surface area contributed by atoms with Gasteiger partial charge >= 0.3 is 0 Å². The van der Waals surface area contributed by atoms with Crippen LogP contribution in [0.4, 0.5) is 0 Å². The van der Waals surface area contributed by atoms with Gasteiger partial charge in [-0.15, -0.1) is 23.1 Å². The van der Waals surface area contributed by atoms with Crippen LogP contribution in [0.5, 0.6) is 0 Å². The summed E-state index contributed by atoms with van der Waals surface area (Å²) in [5.74, 6) is 0.663. The zero-order valence-corrected chi connectivity index (χ0v) is 11.6. The molecule has 1 heterocycles. The van der Waals surface area contributed by atoms with E-state index >= 15 is 0 Å². The van der Waals surface area contributed by atoms with Gasteiger partial charge in [-0.3, -0.25) is 4.79 Å². The molecule has 16 heavy (non-hydrogen) atoms. The third-order valence-corrected chi connectivity index (χ3v) is 4.61. The summed E-state index contributed by atoms with van der Waals surface area (Å²) in [4.78, 5) is 11.9. The van der Waals surface area contributed by atoms with Gasteiger partial charge in [0.2, 0.25) is 0 Å². The van der Waals surface area contributed by atoms with E-state index in [0.29, 0.717) is 5.75 Å². The van der Waals surface area contributed by atoms with Crippen LogP contribution in [0.1, 0.15) is 10.4 Å². The Hall–Kier alpha value is -0.580. The number of carbonyl (C=O) groups is 1. The number of carbonyl (C=O) groups excluding carboxylic acids is 1. The standard InChI is InChI=1S/C12H9BrOS2/c13-10-4-1-3-9(7-10)11(14)8-16-12-5-2-6-15-12/h1-7H,8H2. The number of hydrogen-bond donors (Lipinski definition) is 0. The van der Waals surface area contributed by atoms with Crippen LogP contribution in [-0.4, -0.2) is 11.5 Å². The van der Waals surface area contributed by atoms with Crippen LogP contribution in [0.3, 0.4) is 0 Å². The second-order valence-electron chi connectivity index (χ2n) is 3.15. The molecule has 1 nitrogen and oxygen atoms in total.